The zero-order valence-corrected chi connectivity index (χ0v) is 13.0. The Labute approximate surface area is 130 Å². The third-order valence-electron chi connectivity index (χ3n) is 4.17. The van der Waals surface area contributed by atoms with Crippen molar-refractivity contribution in [2.45, 2.75) is 38.1 Å². The number of rotatable bonds is 6. The lowest BCUT2D eigenvalue weighted by Gasteiger charge is -2.24. The van der Waals surface area contributed by atoms with Crippen LogP contribution in [0.3, 0.4) is 0 Å². The van der Waals surface area contributed by atoms with Gasteiger partial charge in [0.25, 0.3) is 0 Å². The standard InChI is InChI=1S/C16H21NO3S/c1-10(16(19)20)17-15(18)14(8-9-21)13-7-6-11-4-2-3-5-12(11)13/h2-5,10,13-14,21H,6-9H2,1H3,(H,17,18)(H,19,20)/t10-,13?,14?/m0/s1. The van der Waals surface area contributed by atoms with Gasteiger partial charge in [0.2, 0.25) is 5.91 Å². The van der Waals surface area contributed by atoms with Gasteiger partial charge in [-0.05, 0) is 49.0 Å². The number of carbonyl (C=O) groups is 2. The average Bonchev–Trinajstić information content (AvgIpc) is 2.88. The van der Waals surface area contributed by atoms with Gasteiger partial charge in [0.05, 0.1) is 0 Å². The molecule has 0 saturated heterocycles. The van der Waals surface area contributed by atoms with Crippen LogP contribution in [0.15, 0.2) is 24.3 Å². The first-order valence-corrected chi connectivity index (χ1v) is 7.89. The first-order valence-electron chi connectivity index (χ1n) is 7.26. The molecular weight excluding hydrogens is 286 g/mol. The minimum atomic E-state index is -1.01. The number of hydrogen-bond donors (Lipinski definition) is 3. The van der Waals surface area contributed by atoms with Crippen molar-refractivity contribution in [1.29, 1.82) is 0 Å². The van der Waals surface area contributed by atoms with Gasteiger partial charge < -0.3 is 10.4 Å². The number of carboxylic acid groups (broad SMARTS) is 1. The second-order valence-electron chi connectivity index (χ2n) is 5.53. The Morgan fingerprint density at radius 1 is 1.43 bits per heavy atom. The highest BCUT2D eigenvalue weighted by Gasteiger charge is 2.34. The van der Waals surface area contributed by atoms with Crippen LogP contribution in [0.2, 0.25) is 0 Å². The predicted octanol–water partition coefficient (Wildman–Crippen LogP) is 2.24. The van der Waals surface area contributed by atoms with Crippen LogP contribution in [-0.4, -0.2) is 28.8 Å². The van der Waals surface area contributed by atoms with Gasteiger partial charge in [-0.25, -0.2) is 0 Å². The Hall–Kier alpha value is -1.49. The topological polar surface area (TPSA) is 66.4 Å². The van der Waals surface area contributed by atoms with E-state index in [-0.39, 0.29) is 17.7 Å². The van der Waals surface area contributed by atoms with Crippen LogP contribution in [0.5, 0.6) is 0 Å². The molecule has 0 aliphatic heterocycles. The molecule has 0 spiro atoms. The fourth-order valence-electron chi connectivity index (χ4n) is 3.04. The lowest BCUT2D eigenvalue weighted by molar-refractivity contribution is -0.142. The zero-order chi connectivity index (χ0) is 15.4. The second kappa shape index (κ2) is 6.98. The smallest absolute Gasteiger partial charge is 0.325 e. The van der Waals surface area contributed by atoms with E-state index >= 15 is 0 Å². The molecule has 1 amide bonds. The van der Waals surface area contributed by atoms with Gasteiger partial charge >= 0.3 is 5.97 Å². The number of hydrogen-bond acceptors (Lipinski definition) is 3. The predicted molar refractivity (Wildman–Crippen MR) is 84.7 cm³/mol. The van der Waals surface area contributed by atoms with E-state index < -0.39 is 12.0 Å². The monoisotopic (exact) mass is 307 g/mol. The highest BCUT2D eigenvalue weighted by Crippen LogP contribution is 2.39. The fraction of sp³-hybridized carbons (Fsp3) is 0.500. The van der Waals surface area contributed by atoms with Crippen LogP contribution in [0.4, 0.5) is 0 Å². The number of benzene rings is 1. The second-order valence-corrected chi connectivity index (χ2v) is 5.98. The Morgan fingerprint density at radius 3 is 2.81 bits per heavy atom. The van der Waals surface area contributed by atoms with E-state index in [4.69, 9.17) is 5.11 Å². The van der Waals surface area contributed by atoms with Gasteiger partial charge in [-0.15, -0.1) is 0 Å². The Morgan fingerprint density at radius 2 is 2.14 bits per heavy atom. The van der Waals surface area contributed by atoms with Crippen molar-refractivity contribution >= 4 is 24.5 Å². The summed E-state index contributed by atoms with van der Waals surface area (Å²) in [6, 6.07) is 7.32. The summed E-state index contributed by atoms with van der Waals surface area (Å²) in [5.41, 5.74) is 2.52. The maximum absolute atomic E-state index is 12.4. The number of carboxylic acids is 1. The van der Waals surface area contributed by atoms with Gasteiger partial charge in [0.15, 0.2) is 0 Å². The summed E-state index contributed by atoms with van der Waals surface area (Å²) in [6.45, 7) is 1.49. The largest absolute Gasteiger partial charge is 0.480 e. The summed E-state index contributed by atoms with van der Waals surface area (Å²) in [7, 11) is 0. The number of fused-ring (bicyclic) bond motifs is 1. The molecule has 0 fully saturated rings. The van der Waals surface area contributed by atoms with Gasteiger partial charge in [-0.1, -0.05) is 24.3 Å². The molecule has 1 aromatic carbocycles. The lowest BCUT2D eigenvalue weighted by Crippen LogP contribution is -2.43. The van der Waals surface area contributed by atoms with E-state index in [2.05, 4.69) is 30.1 Å². The molecule has 0 bridgehead atoms. The van der Waals surface area contributed by atoms with Gasteiger partial charge in [0, 0.05) is 5.92 Å². The van der Waals surface area contributed by atoms with E-state index in [0.717, 1.165) is 12.8 Å². The van der Waals surface area contributed by atoms with E-state index in [1.807, 2.05) is 12.1 Å². The Bertz CT molecular complexity index is 532. The minimum Gasteiger partial charge on any atom is -0.480 e. The van der Waals surface area contributed by atoms with Gasteiger partial charge in [0.1, 0.15) is 6.04 Å². The Kier molecular flexibility index (Phi) is 5.28. The van der Waals surface area contributed by atoms with Crippen molar-refractivity contribution < 1.29 is 14.7 Å². The molecular formula is C16H21NO3S. The summed E-state index contributed by atoms with van der Waals surface area (Å²) >= 11 is 4.25. The van der Waals surface area contributed by atoms with E-state index in [1.54, 1.807) is 0 Å². The number of nitrogens with one attached hydrogen (secondary N) is 1. The zero-order valence-electron chi connectivity index (χ0n) is 12.1. The molecule has 2 rings (SSSR count). The number of aryl methyl sites for hydroxylation is 1. The molecule has 0 aromatic heterocycles. The van der Waals surface area contributed by atoms with Crippen molar-refractivity contribution in [3.63, 3.8) is 0 Å². The average molecular weight is 307 g/mol. The van der Waals surface area contributed by atoms with Crippen molar-refractivity contribution in [3.8, 4) is 0 Å². The van der Waals surface area contributed by atoms with Crippen molar-refractivity contribution in [2.75, 3.05) is 5.75 Å². The molecule has 1 aliphatic carbocycles. The summed E-state index contributed by atoms with van der Waals surface area (Å²) < 4.78 is 0. The molecule has 0 saturated carbocycles. The van der Waals surface area contributed by atoms with Crippen molar-refractivity contribution in [3.05, 3.63) is 35.4 Å². The number of amides is 1. The molecule has 1 aromatic rings. The Balaban J connectivity index is 2.16. The molecule has 5 heteroatoms. The van der Waals surface area contributed by atoms with Crippen LogP contribution < -0.4 is 5.32 Å². The summed E-state index contributed by atoms with van der Waals surface area (Å²) in [4.78, 5) is 23.3. The van der Waals surface area contributed by atoms with E-state index in [1.165, 1.54) is 18.1 Å². The maximum Gasteiger partial charge on any atom is 0.325 e. The van der Waals surface area contributed by atoms with Crippen molar-refractivity contribution in [1.82, 2.24) is 5.32 Å². The quantitative estimate of drug-likeness (QED) is 0.706. The molecule has 114 valence electrons. The number of aliphatic carboxylic acids is 1. The fourth-order valence-corrected chi connectivity index (χ4v) is 3.32. The third-order valence-corrected chi connectivity index (χ3v) is 4.43. The maximum atomic E-state index is 12.4. The SMILES string of the molecule is C[C@H](NC(=O)C(CCS)C1CCc2ccccc21)C(=O)O. The molecule has 4 nitrogen and oxygen atoms in total. The van der Waals surface area contributed by atoms with E-state index in [9.17, 15) is 9.59 Å². The highest BCUT2D eigenvalue weighted by molar-refractivity contribution is 7.80. The molecule has 0 heterocycles. The van der Waals surface area contributed by atoms with Gasteiger partial charge in [-0.3, -0.25) is 9.59 Å². The first kappa shape index (κ1) is 15.9. The summed E-state index contributed by atoms with van der Waals surface area (Å²) in [6.07, 6.45) is 2.57. The summed E-state index contributed by atoms with van der Waals surface area (Å²) in [5.74, 6) is -0.638. The molecule has 0 radical (unpaired) electrons. The molecule has 2 unspecified atom stereocenters. The van der Waals surface area contributed by atoms with Crippen LogP contribution >= 0.6 is 12.6 Å². The van der Waals surface area contributed by atoms with Crippen LogP contribution in [0.25, 0.3) is 0 Å². The molecule has 2 N–H and O–H groups in total. The van der Waals surface area contributed by atoms with Crippen LogP contribution in [-0.2, 0) is 16.0 Å². The van der Waals surface area contributed by atoms with Crippen LogP contribution in [0, 0.1) is 5.92 Å². The number of thiol groups is 1. The first-order chi connectivity index (χ1) is 10.0. The van der Waals surface area contributed by atoms with Gasteiger partial charge in [-0.2, -0.15) is 12.6 Å². The molecule has 21 heavy (non-hydrogen) atoms. The van der Waals surface area contributed by atoms with E-state index in [0.29, 0.717) is 12.2 Å². The normalized spacial score (nSPS) is 19.6. The molecule has 1 aliphatic rings. The van der Waals surface area contributed by atoms with Crippen LogP contribution in [0.1, 0.15) is 36.8 Å². The minimum absolute atomic E-state index is 0.161. The highest BCUT2D eigenvalue weighted by atomic mass is 32.1. The summed E-state index contributed by atoms with van der Waals surface area (Å²) in [5, 5.41) is 11.5. The lowest BCUT2D eigenvalue weighted by atomic mass is 9.84. The number of carbonyl (C=O) groups excluding carboxylic acids is 1. The third kappa shape index (κ3) is 3.59. The van der Waals surface area contributed by atoms with Crippen molar-refractivity contribution in [2.24, 2.45) is 5.92 Å². The molecule has 3 atom stereocenters.